The molecule has 4 atom stereocenters. The number of methoxy groups -OCH3 is 1. The summed E-state index contributed by atoms with van der Waals surface area (Å²) < 4.78 is 4.59. The Morgan fingerprint density at radius 3 is 3.17 bits per heavy atom. The third-order valence-electron chi connectivity index (χ3n) is 3.06. The lowest BCUT2D eigenvalue weighted by Gasteiger charge is -2.19. The lowest BCUT2D eigenvalue weighted by atomic mass is 10.0. The van der Waals surface area contributed by atoms with Crippen molar-refractivity contribution in [1.82, 2.24) is 10.6 Å². The van der Waals surface area contributed by atoms with E-state index < -0.39 is 12.0 Å². The van der Waals surface area contributed by atoms with E-state index in [2.05, 4.69) is 25.4 Å². The number of fused-ring (bicyclic) bond motifs is 1. The normalized spacial score (nSPS) is 30.7. The Morgan fingerprint density at radius 1 is 1.72 bits per heavy atom. The molecule has 0 saturated carbocycles. The summed E-state index contributed by atoms with van der Waals surface area (Å²) in [5.74, 6) is 0.243. The second kappa shape index (κ2) is 5.36. The average Bonchev–Trinajstić information content (AvgIpc) is 2.88. The number of hydrogen-bond donors (Lipinski definition) is 2. The number of esters is 1. The Balaban J connectivity index is 2.01. The average molecular weight is 271 g/mol. The van der Waals surface area contributed by atoms with E-state index in [-0.39, 0.29) is 23.4 Å². The van der Waals surface area contributed by atoms with Crippen LogP contribution in [0.1, 0.15) is 6.42 Å². The molecule has 0 radical (unpaired) electrons. The molecule has 0 aromatic heterocycles. The first-order valence-corrected chi connectivity index (χ1v) is 6.51. The van der Waals surface area contributed by atoms with Crippen molar-refractivity contribution in [2.24, 2.45) is 5.11 Å². The lowest BCUT2D eigenvalue weighted by Crippen LogP contribution is -2.39. The van der Waals surface area contributed by atoms with Gasteiger partial charge in [0.15, 0.2) is 0 Å². The van der Waals surface area contributed by atoms with Crippen molar-refractivity contribution in [3.63, 3.8) is 0 Å². The molecule has 2 rings (SSSR count). The highest BCUT2D eigenvalue weighted by molar-refractivity contribution is 8.00. The molecule has 2 heterocycles. The highest BCUT2D eigenvalue weighted by Gasteiger charge is 2.44. The van der Waals surface area contributed by atoms with Crippen LogP contribution >= 0.6 is 11.8 Å². The minimum Gasteiger partial charge on any atom is -0.469 e. The van der Waals surface area contributed by atoms with E-state index >= 15 is 0 Å². The topological polar surface area (TPSA) is 116 Å². The van der Waals surface area contributed by atoms with E-state index in [1.807, 2.05) is 0 Å². The maximum atomic E-state index is 11.4. The molecule has 2 aliphatic rings. The lowest BCUT2D eigenvalue weighted by molar-refractivity contribution is -0.142. The first-order valence-electron chi connectivity index (χ1n) is 5.46. The Kier molecular flexibility index (Phi) is 3.83. The molecular weight excluding hydrogens is 258 g/mol. The minimum atomic E-state index is -0.839. The van der Waals surface area contributed by atoms with Crippen molar-refractivity contribution in [1.29, 1.82) is 0 Å². The number of amides is 2. The molecule has 8 nitrogen and oxygen atoms in total. The van der Waals surface area contributed by atoms with E-state index in [1.165, 1.54) is 7.11 Å². The third kappa shape index (κ3) is 2.46. The van der Waals surface area contributed by atoms with E-state index in [9.17, 15) is 9.59 Å². The van der Waals surface area contributed by atoms with Gasteiger partial charge in [-0.05, 0) is 12.0 Å². The zero-order chi connectivity index (χ0) is 13.1. The van der Waals surface area contributed by atoms with Crippen molar-refractivity contribution in [2.75, 3.05) is 12.9 Å². The van der Waals surface area contributed by atoms with Crippen LogP contribution in [-0.4, -0.2) is 48.2 Å². The summed E-state index contributed by atoms with van der Waals surface area (Å²) in [6.45, 7) is 0. The van der Waals surface area contributed by atoms with Crippen molar-refractivity contribution in [3.05, 3.63) is 10.4 Å². The fraction of sp³-hybridized carbons (Fsp3) is 0.778. The summed E-state index contributed by atoms with van der Waals surface area (Å²) in [6.07, 6.45) is 0.366. The Morgan fingerprint density at radius 2 is 2.50 bits per heavy atom. The van der Waals surface area contributed by atoms with Gasteiger partial charge in [-0.3, -0.25) is 4.79 Å². The van der Waals surface area contributed by atoms with Gasteiger partial charge in [0.1, 0.15) is 6.04 Å². The Hall–Kier alpha value is -1.60. The molecule has 2 saturated heterocycles. The molecule has 9 heteroatoms. The number of carbonyl (C=O) groups excluding carboxylic acids is 2. The zero-order valence-corrected chi connectivity index (χ0v) is 10.5. The second-order valence-electron chi connectivity index (χ2n) is 4.10. The van der Waals surface area contributed by atoms with Gasteiger partial charge >= 0.3 is 12.0 Å². The fourth-order valence-corrected chi connectivity index (χ4v) is 3.73. The number of hydrogen-bond acceptors (Lipinski definition) is 5. The van der Waals surface area contributed by atoms with E-state index in [0.717, 1.165) is 5.75 Å². The number of nitrogens with zero attached hydrogens (tertiary/aromatic N) is 3. The van der Waals surface area contributed by atoms with E-state index in [0.29, 0.717) is 6.42 Å². The summed E-state index contributed by atoms with van der Waals surface area (Å²) in [6, 6.07) is -0.970. The molecule has 2 N–H and O–H groups in total. The van der Waals surface area contributed by atoms with Crippen LogP contribution in [-0.2, 0) is 9.53 Å². The van der Waals surface area contributed by atoms with Gasteiger partial charge in [0.2, 0.25) is 0 Å². The molecule has 18 heavy (non-hydrogen) atoms. The predicted octanol–water partition coefficient (Wildman–Crippen LogP) is 0.394. The summed E-state index contributed by atoms with van der Waals surface area (Å²) in [4.78, 5) is 25.3. The van der Waals surface area contributed by atoms with Gasteiger partial charge in [-0.1, -0.05) is 5.11 Å². The maximum absolute atomic E-state index is 11.4. The van der Waals surface area contributed by atoms with Crippen LogP contribution in [0.4, 0.5) is 4.79 Å². The van der Waals surface area contributed by atoms with Crippen molar-refractivity contribution in [3.8, 4) is 0 Å². The van der Waals surface area contributed by atoms with Gasteiger partial charge in [-0.25, -0.2) is 4.79 Å². The summed E-state index contributed by atoms with van der Waals surface area (Å²) in [7, 11) is 1.26. The fourth-order valence-electron chi connectivity index (χ4n) is 2.20. The molecule has 2 aliphatic heterocycles. The van der Waals surface area contributed by atoms with Crippen molar-refractivity contribution >= 4 is 23.8 Å². The number of azide groups is 1. The molecule has 1 unspecified atom stereocenters. The SMILES string of the molecule is COC(=O)C(C[C@@H]1SC[C@@H]2NC(=O)N[C@@H]21)N=[N+]=[N-]. The maximum Gasteiger partial charge on any atom is 0.315 e. The molecule has 2 fully saturated rings. The van der Waals surface area contributed by atoms with Crippen LogP contribution in [0, 0.1) is 0 Å². The van der Waals surface area contributed by atoms with Crippen LogP contribution < -0.4 is 10.6 Å². The zero-order valence-electron chi connectivity index (χ0n) is 9.70. The minimum absolute atomic E-state index is 0.0245. The Labute approximate surface area is 107 Å². The van der Waals surface area contributed by atoms with Crippen LogP contribution in [0.5, 0.6) is 0 Å². The number of ether oxygens (including phenoxy) is 1. The van der Waals surface area contributed by atoms with Crippen LogP contribution in [0.2, 0.25) is 0 Å². The smallest absolute Gasteiger partial charge is 0.315 e. The van der Waals surface area contributed by atoms with Crippen LogP contribution in [0.25, 0.3) is 10.4 Å². The summed E-state index contributed by atoms with van der Waals surface area (Å²) in [5, 5.41) is 9.11. The molecular formula is C9H13N5O3S. The van der Waals surface area contributed by atoms with Crippen LogP contribution in [0.3, 0.4) is 0 Å². The standard InChI is InChI=1S/C9H13N5O3S/c1-17-8(15)4(13-14-10)2-6-7-5(3-18-6)11-9(16)12-7/h4-7H,2-3H2,1H3,(H2,11,12,16)/t4?,5-,6-,7-/m0/s1. The number of nitrogens with one attached hydrogen (secondary N) is 2. The molecule has 0 aromatic carbocycles. The first kappa shape index (κ1) is 12.8. The molecule has 0 aromatic rings. The van der Waals surface area contributed by atoms with Crippen molar-refractivity contribution < 1.29 is 14.3 Å². The van der Waals surface area contributed by atoms with Gasteiger partial charge in [0.05, 0.1) is 19.2 Å². The highest BCUT2D eigenvalue weighted by Crippen LogP contribution is 2.33. The molecule has 2 amide bonds. The molecule has 0 bridgehead atoms. The van der Waals surface area contributed by atoms with E-state index in [4.69, 9.17) is 5.53 Å². The predicted molar refractivity (Wildman–Crippen MR) is 65.1 cm³/mol. The highest BCUT2D eigenvalue weighted by atomic mass is 32.2. The van der Waals surface area contributed by atoms with Gasteiger partial charge in [-0.2, -0.15) is 11.8 Å². The van der Waals surface area contributed by atoms with Crippen molar-refractivity contribution in [2.45, 2.75) is 29.8 Å². The molecule has 0 aliphatic carbocycles. The first-order chi connectivity index (χ1) is 8.65. The second-order valence-corrected chi connectivity index (χ2v) is 5.37. The quantitative estimate of drug-likeness (QED) is 0.253. The van der Waals surface area contributed by atoms with Gasteiger partial charge < -0.3 is 15.4 Å². The number of rotatable bonds is 4. The largest absolute Gasteiger partial charge is 0.469 e. The monoisotopic (exact) mass is 271 g/mol. The van der Waals surface area contributed by atoms with Gasteiger partial charge in [-0.15, -0.1) is 0 Å². The molecule has 98 valence electrons. The van der Waals surface area contributed by atoms with Gasteiger partial charge in [0, 0.05) is 15.9 Å². The Bertz CT molecular complexity index is 411. The summed E-state index contributed by atoms with van der Waals surface area (Å²) >= 11 is 1.65. The van der Waals surface area contributed by atoms with Gasteiger partial charge in [0.25, 0.3) is 0 Å². The number of urea groups is 1. The number of thioether (sulfide) groups is 1. The van der Waals surface area contributed by atoms with Crippen LogP contribution in [0.15, 0.2) is 5.11 Å². The van der Waals surface area contributed by atoms with E-state index in [1.54, 1.807) is 11.8 Å². The summed E-state index contributed by atoms with van der Waals surface area (Å²) in [5.41, 5.74) is 8.45. The number of carbonyl (C=O) groups is 2. The third-order valence-corrected chi connectivity index (χ3v) is 4.52. The molecule has 0 spiro atoms.